The average Bonchev–Trinajstić information content (AvgIpc) is 2.99. The van der Waals surface area contributed by atoms with Crippen molar-refractivity contribution in [3.05, 3.63) is 78.8 Å². The molecule has 0 radical (unpaired) electrons. The Morgan fingerprint density at radius 3 is 2.40 bits per heavy atom. The summed E-state index contributed by atoms with van der Waals surface area (Å²) in [7, 11) is -4.72. The quantitative estimate of drug-likeness (QED) is 0.211. The number of anilines is 2. The maximum atomic E-state index is 14.3. The van der Waals surface area contributed by atoms with Gasteiger partial charge in [-0.1, -0.05) is 6.07 Å². The lowest BCUT2D eigenvalue weighted by molar-refractivity contribution is -0.126. The monoisotopic (exact) mass is 644 g/mol. The second-order valence-electron chi connectivity index (χ2n) is 9.82. The number of aromatic nitrogens is 3. The van der Waals surface area contributed by atoms with Gasteiger partial charge in [0.05, 0.1) is 5.52 Å². The van der Waals surface area contributed by atoms with Crippen LogP contribution in [0, 0.1) is 11.6 Å². The van der Waals surface area contributed by atoms with Crippen LogP contribution in [-0.4, -0.2) is 72.8 Å². The standard InChI is InChI=1S/C29H24F4N6O5S/c1-17(40)2-7-26(41)38-8-10-39(11-9-38)27-21-12-18(3-5-23(21)35-16-36-27)19-13-24(28(34-15-19)44-29(32)33)37-45(42,43)25-6-4-20(30)14-22(25)31/h2-7,12-16,29,37H,8-11H2,1H3/b7-2+. The Morgan fingerprint density at radius 1 is 0.956 bits per heavy atom. The zero-order valence-electron chi connectivity index (χ0n) is 23.5. The second kappa shape index (κ2) is 12.9. The van der Waals surface area contributed by atoms with E-state index in [0.717, 1.165) is 6.07 Å². The van der Waals surface area contributed by atoms with E-state index in [1.54, 1.807) is 23.1 Å². The molecule has 2 aromatic carbocycles. The first-order valence-corrected chi connectivity index (χ1v) is 14.8. The van der Waals surface area contributed by atoms with E-state index in [2.05, 4.69) is 19.7 Å². The minimum absolute atomic E-state index is 0.233. The predicted octanol–water partition coefficient (Wildman–Crippen LogP) is 4.17. The highest BCUT2D eigenvalue weighted by Gasteiger charge is 2.25. The Labute approximate surface area is 254 Å². The largest absolute Gasteiger partial charge is 0.415 e. The Hall–Kier alpha value is -5.12. The van der Waals surface area contributed by atoms with Crippen LogP contribution in [0.1, 0.15) is 6.92 Å². The van der Waals surface area contributed by atoms with Gasteiger partial charge in [-0.05, 0) is 48.9 Å². The van der Waals surface area contributed by atoms with Crippen LogP contribution in [0.3, 0.4) is 0 Å². The lowest BCUT2D eigenvalue weighted by Gasteiger charge is -2.35. The van der Waals surface area contributed by atoms with Gasteiger partial charge in [-0.3, -0.25) is 14.3 Å². The summed E-state index contributed by atoms with van der Waals surface area (Å²) in [5.41, 5.74) is 0.815. The summed E-state index contributed by atoms with van der Waals surface area (Å²) >= 11 is 0. The van der Waals surface area contributed by atoms with Crippen LogP contribution in [0.4, 0.5) is 29.1 Å². The number of nitrogens with one attached hydrogen (secondary N) is 1. The highest BCUT2D eigenvalue weighted by Crippen LogP contribution is 2.34. The molecule has 1 N–H and O–H groups in total. The lowest BCUT2D eigenvalue weighted by Crippen LogP contribution is -2.48. The Morgan fingerprint density at radius 2 is 1.71 bits per heavy atom. The number of ether oxygens (including phenoxy) is 1. The first-order chi connectivity index (χ1) is 21.4. The number of halogens is 4. The van der Waals surface area contributed by atoms with Crippen molar-refractivity contribution in [2.24, 2.45) is 0 Å². The lowest BCUT2D eigenvalue weighted by atomic mass is 10.0. The molecule has 45 heavy (non-hydrogen) atoms. The fourth-order valence-electron chi connectivity index (χ4n) is 4.66. The molecule has 5 rings (SSSR count). The molecule has 16 heteroatoms. The van der Waals surface area contributed by atoms with Gasteiger partial charge in [0.25, 0.3) is 10.0 Å². The number of allylic oxidation sites excluding steroid dienone is 1. The van der Waals surface area contributed by atoms with Crippen molar-refractivity contribution in [3.8, 4) is 17.0 Å². The minimum atomic E-state index is -4.72. The van der Waals surface area contributed by atoms with Gasteiger partial charge in [-0.15, -0.1) is 0 Å². The third kappa shape index (κ3) is 7.17. The van der Waals surface area contributed by atoms with Crippen molar-refractivity contribution in [1.82, 2.24) is 19.9 Å². The number of alkyl halides is 2. The van der Waals surface area contributed by atoms with Gasteiger partial charge in [0.2, 0.25) is 11.8 Å². The molecule has 0 atom stereocenters. The van der Waals surface area contributed by atoms with E-state index in [9.17, 15) is 35.6 Å². The third-order valence-corrected chi connectivity index (χ3v) is 8.18. The van der Waals surface area contributed by atoms with Crippen LogP contribution in [-0.2, 0) is 19.6 Å². The van der Waals surface area contributed by atoms with Gasteiger partial charge in [0, 0.05) is 55.5 Å². The first-order valence-electron chi connectivity index (χ1n) is 13.3. The van der Waals surface area contributed by atoms with Gasteiger partial charge >= 0.3 is 6.61 Å². The van der Waals surface area contributed by atoms with Crippen molar-refractivity contribution < 1.29 is 40.3 Å². The molecule has 1 fully saturated rings. The van der Waals surface area contributed by atoms with E-state index in [0.29, 0.717) is 60.6 Å². The van der Waals surface area contributed by atoms with E-state index < -0.39 is 44.7 Å². The van der Waals surface area contributed by atoms with Crippen molar-refractivity contribution in [1.29, 1.82) is 0 Å². The molecule has 1 aliphatic heterocycles. The summed E-state index contributed by atoms with van der Waals surface area (Å²) < 4.78 is 86.2. The van der Waals surface area contributed by atoms with Gasteiger partial charge in [-0.25, -0.2) is 32.2 Å². The molecule has 234 valence electrons. The summed E-state index contributed by atoms with van der Waals surface area (Å²) in [4.78, 5) is 38.8. The molecule has 3 heterocycles. The Kier molecular flexibility index (Phi) is 8.94. The van der Waals surface area contributed by atoms with E-state index in [4.69, 9.17) is 0 Å². The number of ketones is 1. The van der Waals surface area contributed by atoms with Gasteiger partial charge < -0.3 is 14.5 Å². The molecule has 0 spiro atoms. The number of carbonyl (C=O) groups excluding carboxylic acids is 2. The molecular formula is C29H24F4N6O5S. The number of carbonyl (C=O) groups is 2. The van der Waals surface area contributed by atoms with Crippen LogP contribution >= 0.6 is 0 Å². The van der Waals surface area contributed by atoms with Crippen LogP contribution in [0.25, 0.3) is 22.0 Å². The molecule has 0 saturated carbocycles. The average molecular weight is 645 g/mol. The van der Waals surface area contributed by atoms with Gasteiger partial charge in [0.15, 0.2) is 5.78 Å². The van der Waals surface area contributed by atoms with Crippen LogP contribution in [0.2, 0.25) is 0 Å². The maximum Gasteiger partial charge on any atom is 0.388 e. The number of amides is 1. The molecule has 1 amide bonds. The molecule has 0 bridgehead atoms. The molecule has 1 saturated heterocycles. The summed E-state index contributed by atoms with van der Waals surface area (Å²) in [6, 6.07) is 8.04. The van der Waals surface area contributed by atoms with Crippen molar-refractivity contribution in [2.45, 2.75) is 18.4 Å². The van der Waals surface area contributed by atoms with E-state index in [1.807, 2.05) is 9.62 Å². The zero-order chi connectivity index (χ0) is 32.3. The number of hydrogen-bond donors (Lipinski definition) is 1. The topological polar surface area (TPSA) is 135 Å². The number of nitrogens with zero attached hydrogens (tertiary/aromatic N) is 5. The van der Waals surface area contributed by atoms with E-state index in [-0.39, 0.29) is 17.3 Å². The molecule has 2 aromatic heterocycles. The van der Waals surface area contributed by atoms with Gasteiger partial charge in [-0.2, -0.15) is 8.78 Å². The molecular weight excluding hydrogens is 620 g/mol. The smallest absolute Gasteiger partial charge is 0.388 e. The van der Waals surface area contributed by atoms with Gasteiger partial charge in [0.1, 0.15) is 34.4 Å². The van der Waals surface area contributed by atoms with E-state index >= 15 is 0 Å². The zero-order valence-corrected chi connectivity index (χ0v) is 24.3. The van der Waals surface area contributed by atoms with Crippen LogP contribution < -0.4 is 14.4 Å². The predicted molar refractivity (Wildman–Crippen MR) is 155 cm³/mol. The fourth-order valence-corrected chi connectivity index (χ4v) is 5.77. The first kappa shape index (κ1) is 31.3. The minimum Gasteiger partial charge on any atom is -0.415 e. The van der Waals surface area contributed by atoms with Crippen LogP contribution in [0.5, 0.6) is 5.88 Å². The molecule has 0 unspecified atom stereocenters. The van der Waals surface area contributed by atoms with Crippen LogP contribution in [0.15, 0.2) is 72.0 Å². The summed E-state index contributed by atoms with van der Waals surface area (Å²) in [5.74, 6) is -3.11. The Balaban J connectivity index is 1.46. The Bertz CT molecular complexity index is 1920. The number of fused-ring (bicyclic) bond motifs is 1. The normalized spacial score (nSPS) is 13.9. The summed E-state index contributed by atoms with van der Waals surface area (Å²) in [5, 5.41) is 0.606. The number of pyridine rings is 1. The molecule has 1 aliphatic rings. The van der Waals surface area contributed by atoms with Crippen molar-refractivity contribution in [3.63, 3.8) is 0 Å². The highest BCUT2D eigenvalue weighted by atomic mass is 32.2. The number of rotatable bonds is 9. The molecule has 4 aromatic rings. The number of hydrogen-bond acceptors (Lipinski definition) is 9. The second-order valence-corrected chi connectivity index (χ2v) is 11.5. The van der Waals surface area contributed by atoms with E-state index in [1.165, 1.54) is 37.7 Å². The number of benzene rings is 2. The number of piperazine rings is 1. The fraction of sp³-hybridized carbons (Fsp3) is 0.207. The SMILES string of the molecule is CC(=O)/C=C/C(=O)N1CCN(c2ncnc3ccc(-c4cnc(OC(F)F)c(NS(=O)(=O)c5ccc(F)cc5F)c4)cc23)CC1. The van der Waals surface area contributed by atoms with Crippen molar-refractivity contribution >= 4 is 44.1 Å². The molecule has 0 aliphatic carbocycles. The third-order valence-electron chi connectivity index (χ3n) is 6.78. The molecule has 11 nitrogen and oxygen atoms in total. The summed E-state index contributed by atoms with van der Waals surface area (Å²) in [6.07, 6.45) is 5.04. The van der Waals surface area contributed by atoms with Crippen molar-refractivity contribution in [2.75, 3.05) is 35.8 Å². The maximum absolute atomic E-state index is 14.3. The summed E-state index contributed by atoms with van der Waals surface area (Å²) in [6.45, 7) is -0.381. The highest BCUT2D eigenvalue weighted by molar-refractivity contribution is 7.92. The number of sulfonamides is 1.